The van der Waals surface area contributed by atoms with Crippen LogP contribution < -0.4 is 20.7 Å². The number of hydrogen-bond donors (Lipinski definition) is 2. The van der Waals surface area contributed by atoms with Gasteiger partial charge in [-0.25, -0.2) is 9.59 Å². The van der Waals surface area contributed by atoms with Gasteiger partial charge in [0.1, 0.15) is 35.9 Å². The third-order valence-corrected chi connectivity index (χ3v) is 7.68. The SMILES string of the molecule is Cc1cc2oc(=O)c(C(c3ccc4c(c3)OCCO4)c3c(O)c4cc(Cl)c(C)cc4oc3=O)c(O)c2cc1Cl. The predicted octanol–water partition coefficient (Wildman–Crippen LogP) is 6.19. The standard InChI is InChI=1S/C29H20Cl2O8/c1-12-7-20-15(10-17(12)30)26(32)24(28(34)38-20)23(14-3-4-19-22(9-14)37-6-5-36-19)25-27(33)16-11-18(31)13(2)8-21(16)39-29(25)35/h3-4,7-11,23,32-33H,5-6H2,1-2H3. The van der Waals surface area contributed by atoms with Gasteiger partial charge in [-0.05, 0) is 66.9 Å². The van der Waals surface area contributed by atoms with Gasteiger partial charge in [-0.15, -0.1) is 0 Å². The van der Waals surface area contributed by atoms with E-state index in [2.05, 4.69) is 0 Å². The molecule has 1 aliphatic rings. The summed E-state index contributed by atoms with van der Waals surface area (Å²) in [6.07, 6.45) is 0. The van der Waals surface area contributed by atoms with Gasteiger partial charge in [-0.2, -0.15) is 0 Å². The summed E-state index contributed by atoms with van der Waals surface area (Å²) in [4.78, 5) is 26.9. The van der Waals surface area contributed by atoms with Crippen molar-refractivity contribution in [2.45, 2.75) is 19.8 Å². The number of aromatic hydroxyl groups is 2. The first kappa shape index (κ1) is 25.2. The Morgan fingerprint density at radius 2 is 1.21 bits per heavy atom. The smallest absolute Gasteiger partial charge is 0.344 e. The summed E-state index contributed by atoms with van der Waals surface area (Å²) in [5, 5.41) is 23.9. The normalized spacial score (nSPS) is 12.9. The van der Waals surface area contributed by atoms with Gasteiger partial charge in [0.2, 0.25) is 0 Å². The molecule has 198 valence electrons. The number of fused-ring (bicyclic) bond motifs is 3. The maximum absolute atomic E-state index is 13.5. The molecule has 10 heteroatoms. The van der Waals surface area contributed by atoms with Crippen molar-refractivity contribution in [2.75, 3.05) is 13.2 Å². The van der Waals surface area contributed by atoms with E-state index in [9.17, 15) is 19.8 Å². The van der Waals surface area contributed by atoms with Crippen LogP contribution in [0.25, 0.3) is 21.9 Å². The average molecular weight is 567 g/mol. The molecule has 2 aromatic heterocycles. The van der Waals surface area contributed by atoms with Gasteiger partial charge in [-0.3, -0.25) is 0 Å². The van der Waals surface area contributed by atoms with Crippen LogP contribution >= 0.6 is 23.2 Å². The van der Waals surface area contributed by atoms with Crippen molar-refractivity contribution < 1.29 is 28.5 Å². The molecule has 6 rings (SSSR count). The second-order valence-electron chi connectivity index (χ2n) is 9.33. The fourth-order valence-electron chi connectivity index (χ4n) is 4.87. The average Bonchev–Trinajstić information content (AvgIpc) is 2.90. The molecule has 5 aromatic rings. The fraction of sp³-hybridized carbons (Fsp3) is 0.172. The molecule has 0 amide bonds. The van der Waals surface area contributed by atoms with Crippen LogP contribution in [0.2, 0.25) is 10.0 Å². The van der Waals surface area contributed by atoms with Crippen molar-refractivity contribution in [3.63, 3.8) is 0 Å². The van der Waals surface area contributed by atoms with E-state index in [1.165, 1.54) is 24.3 Å². The second kappa shape index (κ2) is 9.25. The minimum atomic E-state index is -1.33. The summed E-state index contributed by atoms with van der Waals surface area (Å²) in [6.45, 7) is 4.12. The Labute approximate surface area is 230 Å². The quantitative estimate of drug-likeness (QED) is 0.248. The largest absolute Gasteiger partial charge is 0.507 e. The van der Waals surface area contributed by atoms with Gasteiger partial charge in [0.05, 0.1) is 27.8 Å². The summed E-state index contributed by atoms with van der Waals surface area (Å²) in [5.74, 6) is -1.40. The molecular weight excluding hydrogens is 547 g/mol. The molecule has 1 aliphatic heterocycles. The molecular formula is C29H20Cl2O8. The predicted molar refractivity (Wildman–Crippen MR) is 146 cm³/mol. The number of rotatable bonds is 3. The Bertz CT molecular complexity index is 1830. The number of halogens is 2. The summed E-state index contributed by atoms with van der Waals surface area (Å²) < 4.78 is 22.5. The van der Waals surface area contributed by atoms with E-state index in [1.807, 2.05) is 0 Å². The lowest BCUT2D eigenvalue weighted by molar-refractivity contribution is 0.171. The Balaban J connectivity index is 1.71. The zero-order valence-electron chi connectivity index (χ0n) is 20.6. The molecule has 0 spiro atoms. The van der Waals surface area contributed by atoms with Gasteiger partial charge >= 0.3 is 11.3 Å². The molecule has 0 radical (unpaired) electrons. The molecule has 39 heavy (non-hydrogen) atoms. The van der Waals surface area contributed by atoms with Gasteiger partial charge in [0.15, 0.2) is 11.5 Å². The van der Waals surface area contributed by atoms with Crippen LogP contribution in [0.4, 0.5) is 0 Å². The molecule has 0 atom stereocenters. The van der Waals surface area contributed by atoms with Gasteiger partial charge in [0, 0.05) is 10.0 Å². The van der Waals surface area contributed by atoms with Crippen LogP contribution in [0.3, 0.4) is 0 Å². The molecule has 0 bridgehead atoms. The highest BCUT2D eigenvalue weighted by Crippen LogP contribution is 2.45. The molecule has 2 N–H and O–H groups in total. The maximum Gasteiger partial charge on any atom is 0.344 e. The van der Waals surface area contributed by atoms with Crippen LogP contribution in [0, 0.1) is 13.8 Å². The van der Waals surface area contributed by atoms with Crippen LogP contribution in [-0.4, -0.2) is 23.4 Å². The molecule has 0 fully saturated rings. The van der Waals surface area contributed by atoms with E-state index in [4.69, 9.17) is 41.5 Å². The lowest BCUT2D eigenvalue weighted by Gasteiger charge is -2.23. The zero-order valence-corrected chi connectivity index (χ0v) is 22.1. The van der Waals surface area contributed by atoms with Crippen LogP contribution in [0.1, 0.15) is 33.7 Å². The summed E-state index contributed by atoms with van der Waals surface area (Å²) in [5.41, 5.74) is -0.573. The van der Waals surface area contributed by atoms with Gasteiger partial charge < -0.3 is 28.5 Å². The molecule has 8 nitrogen and oxygen atoms in total. The highest BCUT2D eigenvalue weighted by molar-refractivity contribution is 6.32. The highest BCUT2D eigenvalue weighted by Gasteiger charge is 2.33. The fourth-order valence-corrected chi connectivity index (χ4v) is 5.20. The van der Waals surface area contributed by atoms with E-state index in [-0.39, 0.29) is 33.1 Å². The topological polar surface area (TPSA) is 119 Å². The van der Waals surface area contributed by atoms with Crippen molar-refractivity contribution in [1.29, 1.82) is 0 Å². The number of hydrogen-bond acceptors (Lipinski definition) is 8. The van der Waals surface area contributed by atoms with E-state index < -0.39 is 28.7 Å². The molecule has 3 aromatic carbocycles. The minimum Gasteiger partial charge on any atom is -0.507 e. The number of aryl methyl sites for hydroxylation is 2. The van der Waals surface area contributed by atoms with Crippen molar-refractivity contribution in [1.82, 2.24) is 0 Å². The first-order valence-corrected chi connectivity index (χ1v) is 12.7. The number of benzene rings is 3. The van der Waals surface area contributed by atoms with Crippen LogP contribution in [0.5, 0.6) is 23.0 Å². The van der Waals surface area contributed by atoms with E-state index in [1.54, 1.807) is 32.0 Å². The summed E-state index contributed by atoms with van der Waals surface area (Å²) >= 11 is 12.6. The third kappa shape index (κ3) is 4.07. The van der Waals surface area contributed by atoms with E-state index in [0.29, 0.717) is 51.4 Å². The highest BCUT2D eigenvalue weighted by atomic mass is 35.5. The second-order valence-corrected chi connectivity index (χ2v) is 10.1. The monoisotopic (exact) mass is 566 g/mol. The molecule has 3 heterocycles. The van der Waals surface area contributed by atoms with E-state index in [0.717, 1.165) is 0 Å². The van der Waals surface area contributed by atoms with E-state index >= 15 is 0 Å². The molecule has 0 saturated heterocycles. The van der Waals surface area contributed by atoms with Crippen molar-refractivity contribution >= 4 is 45.1 Å². The summed E-state index contributed by atoms with van der Waals surface area (Å²) in [7, 11) is 0. The van der Waals surface area contributed by atoms with Gasteiger partial charge in [0.25, 0.3) is 0 Å². The minimum absolute atomic E-state index is 0.112. The van der Waals surface area contributed by atoms with Crippen molar-refractivity contribution in [3.05, 3.63) is 101 Å². The first-order chi connectivity index (χ1) is 18.6. The Morgan fingerprint density at radius 1 is 0.718 bits per heavy atom. The van der Waals surface area contributed by atoms with Crippen molar-refractivity contribution in [2.24, 2.45) is 0 Å². The molecule has 0 aliphatic carbocycles. The Hall–Kier alpha value is -4.14. The Kier molecular flexibility index (Phi) is 5.97. The number of ether oxygens (including phenoxy) is 2. The first-order valence-electron chi connectivity index (χ1n) is 11.9. The Morgan fingerprint density at radius 3 is 1.72 bits per heavy atom. The van der Waals surface area contributed by atoms with Crippen LogP contribution in [-0.2, 0) is 0 Å². The maximum atomic E-state index is 13.5. The molecule has 0 saturated carbocycles. The summed E-state index contributed by atoms with van der Waals surface area (Å²) in [6, 6.07) is 10.8. The zero-order chi connectivity index (χ0) is 27.6. The lowest BCUT2D eigenvalue weighted by atomic mass is 9.84. The van der Waals surface area contributed by atoms with Gasteiger partial charge in [-0.1, -0.05) is 29.3 Å². The lowest BCUT2D eigenvalue weighted by Crippen LogP contribution is -2.22. The van der Waals surface area contributed by atoms with Crippen LogP contribution in [0.15, 0.2) is 60.9 Å². The molecule has 0 unspecified atom stereocenters. The van der Waals surface area contributed by atoms with Crippen molar-refractivity contribution in [3.8, 4) is 23.0 Å². The third-order valence-electron chi connectivity index (χ3n) is 6.86.